The van der Waals surface area contributed by atoms with Crippen LogP contribution in [0.2, 0.25) is 0 Å². The Morgan fingerprint density at radius 3 is 2.67 bits per heavy atom. The van der Waals surface area contributed by atoms with Gasteiger partial charge in [-0.1, -0.05) is 13.0 Å². The number of hydrogen-bond donors (Lipinski definition) is 1. The second-order valence-electron chi connectivity index (χ2n) is 5.90. The van der Waals surface area contributed by atoms with Gasteiger partial charge >= 0.3 is 0 Å². The van der Waals surface area contributed by atoms with E-state index in [2.05, 4.69) is 12.2 Å². The molecule has 1 fully saturated rings. The molecular weight excluding hydrogens is 288 g/mol. The van der Waals surface area contributed by atoms with Gasteiger partial charge in [0.1, 0.15) is 0 Å². The summed E-state index contributed by atoms with van der Waals surface area (Å²) in [6.45, 7) is 3.13. The highest BCUT2D eigenvalue weighted by Crippen LogP contribution is 2.27. The lowest BCUT2D eigenvalue weighted by atomic mass is 9.91. The molecule has 1 aromatic carbocycles. The topological polar surface area (TPSA) is 12.0 Å². The molecule has 4 heteroatoms. The van der Waals surface area contributed by atoms with Crippen LogP contribution in [0.3, 0.4) is 0 Å². The van der Waals surface area contributed by atoms with Gasteiger partial charge < -0.3 is 5.32 Å². The van der Waals surface area contributed by atoms with Crippen molar-refractivity contribution < 1.29 is 8.78 Å². The molecule has 1 saturated heterocycles. The van der Waals surface area contributed by atoms with Crippen molar-refractivity contribution in [3.05, 3.63) is 35.4 Å². The predicted octanol–water partition coefficient (Wildman–Crippen LogP) is 4.41. The fourth-order valence-electron chi connectivity index (χ4n) is 2.92. The second-order valence-corrected chi connectivity index (χ2v) is 7.12. The smallest absolute Gasteiger partial charge is 0.159 e. The van der Waals surface area contributed by atoms with E-state index in [0.717, 1.165) is 37.3 Å². The summed E-state index contributed by atoms with van der Waals surface area (Å²) in [5.74, 6) is 1.79. The number of halogens is 2. The van der Waals surface area contributed by atoms with Gasteiger partial charge in [-0.05, 0) is 73.8 Å². The molecule has 1 aromatic rings. The molecule has 0 bridgehead atoms. The van der Waals surface area contributed by atoms with Crippen LogP contribution in [-0.4, -0.2) is 24.1 Å². The minimum Gasteiger partial charge on any atom is -0.314 e. The van der Waals surface area contributed by atoms with E-state index in [1.165, 1.54) is 36.5 Å². The summed E-state index contributed by atoms with van der Waals surface area (Å²) in [5, 5.41) is 3.58. The molecule has 1 aliphatic rings. The van der Waals surface area contributed by atoms with Gasteiger partial charge in [-0.15, -0.1) is 0 Å². The van der Waals surface area contributed by atoms with Gasteiger partial charge in [0.15, 0.2) is 11.6 Å². The monoisotopic (exact) mass is 313 g/mol. The molecule has 1 atom stereocenters. The van der Waals surface area contributed by atoms with Crippen molar-refractivity contribution in [2.75, 3.05) is 18.1 Å². The van der Waals surface area contributed by atoms with Crippen molar-refractivity contribution in [1.82, 2.24) is 5.32 Å². The maximum atomic E-state index is 13.3. The molecule has 1 N–H and O–H groups in total. The van der Waals surface area contributed by atoms with Gasteiger partial charge in [-0.2, -0.15) is 11.8 Å². The molecular formula is C17H25F2NS. The summed E-state index contributed by atoms with van der Waals surface area (Å²) in [7, 11) is 0. The molecule has 21 heavy (non-hydrogen) atoms. The first kappa shape index (κ1) is 16.8. The zero-order valence-electron chi connectivity index (χ0n) is 12.7. The highest BCUT2D eigenvalue weighted by molar-refractivity contribution is 7.99. The number of nitrogens with one attached hydrogen (secondary N) is 1. The van der Waals surface area contributed by atoms with Crippen LogP contribution in [0.25, 0.3) is 0 Å². The van der Waals surface area contributed by atoms with E-state index in [9.17, 15) is 8.78 Å². The third-order valence-electron chi connectivity index (χ3n) is 4.11. The minimum absolute atomic E-state index is 0.364. The number of benzene rings is 1. The van der Waals surface area contributed by atoms with Gasteiger partial charge in [0.05, 0.1) is 0 Å². The third-order valence-corrected chi connectivity index (χ3v) is 5.16. The average Bonchev–Trinajstić information content (AvgIpc) is 2.49. The van der Waals surface area contributed by atoms with Crippen LogP contribution < -0.4 is 5.32 Å². The normalized spacial score (nSPS) is 17.9. The van der Waals surface area contributed by atoms with Crippen LogP contribution in [-0.2, 0) is 6.42 Å². The van der Waals surface area contributed by atoms with Crippen LogP contribution >= 0.6 is 11.8 Å². The second kappa shape index (κ2) is 8.74. The Bertz CT molecular complexity index is 433. The molecule has 0 aliphatic carbocycles. The zero-order chi connectivity index (χ0) is 15.1. The highest BCUT2D eigenvalue weighted by Gasteiger charge is 2.19. The summed E-state index contributed by atoms with van der Waals surface area (Å²) < 4.78 is 26.4. The lowest BCUT2D eigenvalue weighted by Crippen LogP contribution is -2.34. The summed E-state index contributed by atoms with van der Waals surface area (Å²) in [4.78, 5) is 0. The Kier molecular flexibility index (Phi) is 6.97. The van der Waals surface area contributed by atoms with Crippen molar-refractivity contribution in [3.63, 3.8) is 0 Å². The van der Waals surface area contributed by atoms with E-state index in [1.807, 2.05) is 11.8 Å². The molecule has 0 saturated carbocycles. The Morgan fingerprint density at radius 1 is 1.24 bits per heavy atom. The Hall–Kier alpha value is -0.610. The SMILES string of the molecule is CCCNC(Cc1ccc(F)c(F)c1)CC1CCSCC1. The lowest BCUT2D eigenvalue weighted by molar-refractivity contribution is 0.362. The first-order valence-electron chi connectivity index (χ1n) is 7.94. The highest BCUT2D eigenvalue weighted by atomic mass is 32.2. The first-order chi connectivity index (χ1) is 10.2. The maximum Gasteiger partial charge on any atom is 0.159 e. The van der Waals surface area contributed by atoms with Crippen LogP contribution in [0.1, 0.15) is 38.2 Å². The van der Waals surface area contributed by atoms with Gasteiger partial charge in [0.25, 0.3) is 0 Å². The average molecular weight is 313 g/mol. The molecule has 118 valence electrons. The van der Waals surface area contributed by atoms with Crippen LogP contribution in [0.5, 0.6) is 0 Å². The third kappa shape index (κ3) is 5.59. The summed E-state index contributed by atoms with van der Waals surface area (Å²) in [6.07, 6.45) is 5.58. The quantitative estimate of drug-likeness (QED) is 0.800. The summed E-state index contributed by atoms with van der Waals surface area (Å²) in [6, 6.07) is 4.64. The largest absolute Gasteiger partial charge is 0.314 e. The van der Waals surface area contributed by atoms with Gasteiger partial charge in [0, 0.05) is 6.04 Å². The molecule has 2 rings (SSSR count). The minimum atomic E-state index is -0.763. The van der Waals surface area contributed by atoms with Crippen molar-refractivity contribution in [2.45, 2.75) is 45.1 Å². The van der Waals surface area contributed by atoms with E-state index >= 15 is 0 Å². The first-order valence-corrected chi connectivity index (χ1v) is 9.09. The summed E-state index contributed by atoms with van der Waals surface area (Å²) >= 11 is 2.04. The van der Waals surface area contributed by atoms with Gasteiger partial charge in [-0.25, -0.2) is 8.78 Å². The molecule has 1 heterocycles. The lowest BCUT2D eigenvalue weighted by Gasteiger charge is -2.27. The van der Waals surface area contributed by atoms with Crippen molar-refractivity contribution in [3.8, 4) is 0 Å². The number of hydrogen-bond acceptors (Lipinski definition) is 2. The number of thioether (sulfide) groups is 1. The molecule has 0 spiro atoms. The van der Waals surface area contributed by atoms with E-state index in [1.54, 1.807) is 6.07 Å². The van der Waals surface area contributed by atoms with E-state index < -0.39 is 11.6 Å². The molecule has 1 unspecified atom stereocenters. The Labute approximate surface area is 130 Å². The number of rotatable bonds is 7. The molecule has 1 nitrogen and oxygen atoms in total. The van der Waals surface area contributed by atoms with Crippen LogP contribution in [0, 0.1) is 17.6 Å². The Morgan fingerprint density at radius 2 is 2.00 bits per heavy atom. The molecule has 0 aromatic heterocycles. The maximum absolute atomic E-state index is 13.3. The van der Waals surface area contributed by atoms with E-state index in [4.69, 9.17) is 0 Å². The fourth-order valence-corrected chi connectivity index (χ4v) is 4.13. The van der Waals surface area contributed by atoms with Gasteiger partial charge in [-0.3, -0.25) is 0 Å². The van der Waals surface area contributed by atoms with Crippen molar-refractivity contribution in [2.24, 2.45) is 5.92 Å². The zero-order valence-corrected chi connectivity index (χ0v) is 13.5. The fraction of sp³-hybridized carbons (Fsp3) is 0.647. The molecule has 0 radical (unpaired) electrons. The Balaban J connectivity index is 1.95. The van der Waals surface area contributed by atoms with E-state index in [0.29, 0.717) is 6.04 Å². The van der Waals surface area contributed by atoms with Gasteiger partial charge in [0.2, 0.25) is 0 Å². The predicted molar refractivity (Wildman–Crippen MR) is 86.8 cm³/mol. The van der Waals surface area contributed by atoms with E-state index in [-0.39, 0.29) is 0 Å². The van der Waals surface area contributed by atoms with Crippen molar-refractivity contribution >= 4 is 11.8 Å². The summed E-state index contributed by atoms with van der Waals surface area (Å²) in [5.41, 5.74) is 0.882. The molecule has 1 aliphatic heterocycles. The van der Waals surface area contributed by atoms with Crippen LogP contribution in [0.15, 0.2) is 18.2 Å². The standard InChI is InChI=1S/C17H25F2NS/c1-2-7-20-15(10-13-5-8-21-9-6-13)11-14-3-4-16(18)17(19)12-14/h3-4,12-13,15,20H,2,5-11H2,1H3. The molecule has 0 amide bonds. The van der Waals surface area contributed by atoms with Crippen molar-refractivity contribution in [1.29, 1.82) is 0 Å². The van der Waals surface area contributed by atoms with Crippen LogP contribution in [0.4, 0.5) is 8.78 Å².